The Balaban J connectivity index is 1.48. The molecule has 0 radical (unpaired) electrons. The van der Waals surface area contributed by atoms with Crippen LogP contribution in [0.3, 0.4) is 0 Å². The van der Waals surface area contributed by atoms with Crippen molar-refractivity contribution in [2.24, 2.45) is 0 Å². The lowest BCUT2D eigenvalue weighted by atomic mass is 9.76. The van der Waals surface area contributed by atoms with Gasteiger partial charge in [-0.05, 0) is 95.0 Å². The average molecular weight is 418 g/mol. The summed E-state index contributed by atoms with van der Waals surface area (Å²) >= 11 is 0. The minimum atomic E-state index is -0.356. The molecule has 2 aromatic rings. The van der Waals surface area contributed by atoms with Gasteiger partial charge in [-0.3, -0.25) is 0 Å². The predicted molar refractivity (Wildman–Crippen MR) is 126 cm³/mol. The molecule has 31 heavy (non-hydrogen) atoms. The highest BCUT2D eigenvalue weighted by Crippen LogP contribution is 2.40. The lowest BCUT2D eigenvalue weighted by Crippen LogP contribution is -2.41. The third-order valence-electron chi connectivity index (χ3n) is 7.99. The standard InChI is InChI=1S/C25H32B2O4/c1-22(2)23(3,4)29-26(28-22)18-11-9-16-13-17-10-12-19(15-21(17)20(16)14-18)27-30-24(5,6)25(7,8)31-27/h9-12,14-15H,13H2,1-8H3. The van der Waals surface area contributed by atoms with E-state index in [4.69, 9.17) is 18.6 Å². The molecule has 2 heterocycles. The molecule has 2 aliphatic heterocycles. The molecule has 0 saturated carbocycles. The Morgan fingerprint density at radius 1 is 0.548 bits per heavy atom. The summed E-state index contributed by atoms with van der Waals surface area (Å²) < 4.78 is 25.1. The average Bonchev–Trinajstić information content (AvgIpc) is 3.20. The van der Waals surface area contributed by atoms with E-state index in [1.165, 1.54) is 22.3 Å². The molecule has 3 aliphatic rings. The van der Waals surface area contributed by atoms with Gasteiger partial charge < -0.3 is 18.6 Å². The van der Waals surface area contributed by atoms with Crippen molar-refractivity contribution in [3.05, 3.63) is 47.5 Å². The van der Waals surface area contributed by atoms with Gasteiger partial charge in [-0.1, -0.05) is 36.4 Å². The van der Waals surface area contributed by atoms with Gasteiger partial charge in [0.2, 0.25) is 0 Å². The van der Waals surface area contributed by atoms with Crippen LogP contribution < -0.4 is 10.9 Å². The van der Waals surface area contributed by atoms with E-state index in [1.54, 1.807) is 0 Å². The van der Waals surface area contributed by atoms with E-state index in [9.17, 15) is 0 Å². The van der Waals surface area contributed by atoms with Crippen molar-refractivity contribution >= 4 is 25.2 Å². The fourth-order valence-electron chi connectivity index (χ4n) is 4.45. The molecular weight excluding hydrogens is 386 g/mol. The predicted octanol–water partition coefficient (Wildman–Crippen LogP) is 3.86. The first-order valence-corrected chi connectivity index (χ1v) is 11.3. The van der Waals surface area contributed by atoms with Gasteiger partial charge in [0.25, 0.3) is 0 Å². The van der Waals surface area contributed by atoms with Crippen LogP contribution >= 0.6 is 0 Å². The maximum absolute atomic E-state index is 6.29. The van der Waals surface area contributed by atoms with Crippen LogP contribution in [0.1, 0.15) is 66.5 Å². The molecule has 162 valence electrons. The fraction of sp³-hybridized carbons (Fsp3) is 0.520. The Kier molecular flexibility index (Phi) is 4.44. The zero-order valence-corrected chi connectivity index (χ0v) is 20.0. The molecule has 2 aromatic carbocycles. The molecule has 6 heteroatoms. The van der Waals surface area contributed by atoms with Crippen molar-refractivity contribution < 1.29 is 18.6 Å². The van der Waals surface area contributed by atoms with Crippen molar-refractivity contribution in [1.82, 2.24) is 0 Å². The first-order valence-electron chi connectivity index (χ1n) is 11.3. The van der Waals surface area contributed by atoms with E-state index in [2.05, 4.69) is 91.8 Å². The van der Waals surface area contributed by atoms with Crippen LogP contribution in [-0.4, -0.2) is 36.6 Å². The van der Waals surface area contributed by atoms with E-state index >= 15 is 0 Å². The summed E-state index contributed by atoms with van der Waals surface area (Å²) in [7, 11) is -0.712. The normalized spacial score (nSPS) is 24.4. The summed E-state index contributed by atoms with van der Waals surface area (Å²) in [4.78, 5) is 0. The first kappa shape index (κ1) is 21.3. The molecule has 4 nitrogen and oxygen atoms in total. The van der Waals surface area contributed by atoms with Crippen LogP contribution in [-0.2, 0) is 25.0 Å². The molecule has 5 rings (SSSR count). The topological polar surface area (TPSA) is 36.9 Å². The second kappa shape index (κ2) is 6.48. The zero-order valence-electron chi connectivity index (χ0n) is 20.0. The van der Waals surface area contributed by atoms with Crippen LogP contribution in [0.15, 0.2) is 36.4 Å². The van der Waals surface area contributed by atoms with E-state index in [0.29, 0.717) is 0 Å². The molecule has 0 unspecified atom stereocenters. The number of rotatable bonds is 2. The Morgan fingerprint density at radius 3 is 1.19 bits per heavy atom. The van der Waals surface area contributed by atoms with Crippen molar-refractivity contribution in [2.75, 3.05) is 0 Å². The van der Waals surface area contributed by atoms with Crippen molar-refractivity contribution in [2.45, 2.75) is 84.2 Å². The largest absolute Gasteiger partial charge is 0.494 e. The molecular formula is C25H32B2O4. The number of hydrogen-bond donors (Lipinski definition) is 0. The molecule has 0 spiro atoms. The smallest absolute Gasteiger partial charge is 0.399 e. The Hall–Kier alpha value is -1.59. The molecule has 2 fully saturated rings. The van der Waals surface area contributed by atoms with E-state index in [0.717, 1.165) is 17.3 Å². The summed E-state index contributed by atoms with van der Waals surface area (Å²) in [6, 6.07) is 13.2. The van der Waals surface area contributed by atoms with Gasteiger partial charge in [0.1, 0.15) is 0 Å². The van der Waals surface area contributed by atoms with Crippen LogP contribution in [0.5, 0.6) is 0 Å². The number of hydrogen-bond acceptors (Lipinski definition) is 4. The summed E-state index contributed by atoms with van der Waals surface area (Å²) in [5.74, 6) is 0. The highest BCUT2D eigenvalue weighted by atomic mass is 16.7. The molecule has 2 saturated heterocycles. The lowest BCUT2D eigenvalue weighted by Gasteiger charge is -2.32. The minimum Gasteiger partial charge on any atom is -0.399 e. The summed E-state index contributed by atoms with van der Waals surface area (Å²) in [6.07, 6.45) is 0.942. The van der Waals surface area contributed by atoms with E-state index in [1.807, 2.05) is 0 Å². The molecule has 0 aromatic heterocycles. The molecule has 0 bridgehead atoms. The number of benzene rings is 2. The first-order chi connectivity index (χ1) is 14.3. The van der Waals surface area contributed by atoms with Gasteiger partial charge in [-0.15, -0.1) is 0 Å². The van der Waals surface area contributed by atoms with Gasteiger partial charge in [0, 0.05) is 0 Å². The monoisotopic (exact) mass is 418 g/mol. The van der Waals surface area contributed by atoms with Crippen LogP contribution in [0.25, 0.3) is 11.1 Å². The fourth-order valence-corrected chi connectivity index (χ4v) is 4.45. The SMILES string of the molecule is CC1(C)OB(c2ccc3c(c2)-c2cc(B4OC(C)(C)C(C)(C)O4)ccc2C3)OC1(C)C. The van der Waals surface area contributed by atoms with Gasteiger partial charge in [0.05, 0.1) is 22.4 Å². The Bertz CT molecular complexity index is 942. The quantitative estimate of drug-likeness (QED) is 0.593. The van der Waals surface area contributed by atoms with E-state index < -0.39 is 0 Å². The highest BCUT2D eigenvalue weighted by Gasteiger charge is 2.53. The third-order valence-corrected chi connectivity index (χ3v) is 7.99. The maximum Gasteiger partial charge on any atom is 0.494 e. The number of fused-ring (bicyclic) bond motifs is 3. The lowest BCUT2D eigenvalue weighted by molar-refractivity contribution is 0.00578. The van der Waals surface area contributed by atoms with Gasteiger partial charge in [-0.2, -0.15) is 0 Å². The minimum absolute atomic E-state index is 0.349. The molecule has 0 N–H and O–H groups in total. The highest BCUT2D eigenvalue weighted by molar-refractivity contribution is 6.63. The maximum atomic E-state index is 6.29. The molecule has 0 amide bonds. The van der Waals surface area contributed by atoms with Crippen molar-refractivity contribution in [3.63, 3.8) is 0 Å². The Morgan fingerprint density at radius 2 is 0.871 bits per heavy atom. The third kappa shape index (κ3) is 3.22. The zero-order chi connectivity index (χ0) is 22.4. The van der Waals surface area contributed by atoms with Crippen molar-refractivity contribution in [1.29, 1.82) is 0 Å². The Labute approximate surface area is 186 Å². The molecule has 1 aliphatic carbocycles. The summed E-state index contributed by atoms with van der Waals surface area (Å²) in [6.45, 7) is 16.7. The summed E-state index contributed by atoms with van der Waals surface area (Å²) in [5.41, 5.74) is 5.90. The van der Waals surface area contributed by atoms with Gasteiger partial charge in [0.15, 0.2) is 0 Å². The van der Waals surface area contributed by atoms with Crippen LogP contribution in [0.2, 0.25) is 0 Å². The van der Waals surface area contributed by atoms with Gasteiger partial charge in [-0.25, -0.2) is 0 Å². The van der Waals surface area contributed by atoms with E-state index in [-0.39, 0.29) is 36.6 Å². The second-order valence-corrected chi connectivity index (χ2v) is 11.2. The van der Waals surface area contributed by atoms with Crippen LogP contribution in [0, 0.1) is 0 Å². The van der Waals surface area contributed by atoms with Crippen molar-refractivity contribution in [3.8, 4) is 11.1 Å². The summed E-state index contributed by atoms with van der Waals surface area (Å²) in [5, 5.41) is 0. The second-order valence-electron chi connectivity index (χ2n) is 11.2. The van der Waals surface area contributed by atoms with Gasteiger partial charge >= 0.3 is 14.2 Å². The van der Waals surface area contributed by atoms with Crippen LogP contribution in [0.4, 0.5) is 0 Å². The molecule has 0 atom stereocenters.